The molecule has 0 heterocycles. The van der Waals surface area contributed by atoms with Crippen molar-refractivity contribution in [1.82, 2.24) is 4.90 Å². The van der Waals surface area contributed by atoms with Crippen LogP contribution >= 0.6 is 0 Å². The Labute approximate surface area is 150 Å². The molecule has 0 bridgehead atoms. The van der Waals surface area contributed by atoms with Crippen molar-refractivity contribution in [1.29, 1.82) is 0 Å². The standard InChI is InChI=1S/C22H26N2O/c25-23-21-15-9-1-2-10-16-22(21)24(17-19-11-5-3-6-12-19)18-20-13-7-4-8-14-20/h1-8,11-14,22,25H,9-10,15-18H2/b2-1-,23-21+. The van der Waals surface area contributed by atoms with Crippen molar-refractivity contribution in [3.05, 3.63) is 83.9 Å². The lowest BCUT2D eigenvalue weighted by Gasteiger charge is -2.33. The van der Waals surface area contributed by atoms with Gasteiger partial charge in [0.05, 0.1) is 11.8 Å². The van der Waals surface area contributed by atoms with Gasteiger partial charge in [-0.3, -0.25) is 4.90 Å². The highest BCUT2D eigenvalue weighted by atomic mass is 16.4. The second-order valence-corrected chi connectivity index (χ2v) is 6.57. The first-order chi connectivity index (χ1) is 12.4. The molecule has 0 aromatic heterocycles. The van der Waals surface area contributed by atoms with Crippen molar-refractivity contribution < 1.29 is 5.21 Å². The van der Waals surface area contributed by atoms with E-state index in [1.165, 1.54) is 11.1 Å². The van der Waals surface area contributed by atoms with Gasteiger partial charge in [-0.2, -0.15) is 0 Å². The summed E-state index contributed by atoms with van der Waals surface area (Å²) >= 11 is 0. The SMILES string of the molecule is O/N=C1\CC/C=C\CCC1N(Cc1ccccc1)Cc1ccccc1. The number of nitrogens with zero attached hydrogens (tertiary/aromatic N) is 2. The highest BCUT2D eigenvalue weighted by molar-refractivity contribution is 5.89. The minimum atomic E-state index is 0.162. The van der Waals surface area contributed by atoms with E-state index in [4.69, 9.17) is 0 Å². The maximum atomic E-state index is 9.60. The molecule has 1 unspecified atom stereocenters. The maximum Gasteiger partial charge on any atom is 0.0745 e. The van der Waals surface area contributed by atoms with Crippen LogP contribution in [0.15, 0.2) is 78.0 Å². The third kappa shape index (κ3) is 5.04. The Morgan fingerprint density at radius 2 is 1.40 bits per heavy atom. The minimum absolute atomic E-state index is 0.162. The largest absolute Gasteiger partial charge is 0.411 e. The molecule has 0 aliphatic heterocycles. The first kappa shape index (κ1) is 17.4. The van der Waals surface area contributed by atoms with Crippen LogP contribution in [0.2, 0.25) is 0 Å². The predicted octanol–water partition coefficient (Wildman–Crippen LogP) is 5.02. The van der Waals surface area contributed by atoms with Crippen LogP contribution in [-0.2, 0) is 13.1 Å². The normalized spacial score (nSPS) is 21.0. The van der Waals surface area contributed by atoms with E-state index < -0.39 is 0 Å². The predicted molar refractivity (Wildman–Crippen MR) is 103 cm³/mol. The summed E-state index contributed by atoms with van der Waals surface area (Å²) in [5.41, 5.74) is 3.47. The van der Waals surface area contributed by atoms with E-state index in [0.29, 0.717) is 0 Å². The van der Waals surface area contributed by atoms with Gasteiger partial charge in [0.15, 0.2) is 0 Å². The lowest BCUT2D eigenvalue weighted by Crippen LogP contribution is -2.40. The average molecular weight is 334 g/mol. The number of hydrogen-bond donors (Lipinski definition) is 1. The van der Waals surface area contributed by atoms with Gasteiger partial charge in [0, 0.05) is 13.1 Å². The molecule has 0 fully saturated rings. The van der Waals surface area contributed by atoms with Crippen molar-refractivity contribution in [3.8, 4) is 0 Å². The third-order valence-corrected chi connectivity index (χ3v) is 4.75. The number of oxime groups is 1. The Bertz CT molecular complexity index is 653. The first-order valence-electron chi connectivity index (χ1n) is 9.04. The third-order valence-electron chi connectivity index (χ3n) is 4.75. The molecule has 0 saturated heterocycles. The Morgan fingerprint density at radius 1 is 0.840 bits per heavy atom. The van der Waals surface area contributed by atoms with E-state index in [9.17, 15) is 5.21 Å². The summed E-state index contributed by atoms with van der Waals surface area (Å²) in [4.78, 5) is 2.44. The Balaban J connectivity index is 1.86. The lowest BCUT2D eigenvalue weighted by atomic mass is 9.96. The number of rotatable bonds is 5. The minimum Gasteiger partial charge on any atom is -0.411 e. The second-order valence-electron chi connectivity index (χ2n) is 6.57. The second kappa shape index (κ2) is 9.19. The molecule has 130 valence electrons. The molecule has 1 atom stereocenters. The monoisotopic (exact) mass is 334 g/mol. The molecule has 3 rings (SSSR count). The molecular formula is C22H26N2O. The topological polar surface area (TPSA) is 35.8 Å². The summed E-state index contributed by atoms with van der Waals surface area (Å²) in [5.74, 6) is 0. The molecule has 0 radical (unpaired) electrons. The Kier molecular flexibility index (Phi) is 6.41. The summed E-state index contributed by atoms with van der Waals surface area (Å²) < 4.78 is 0. The van der Waals surface area contributed by atoms with Crippen LogP contribution in [0.5, 0.6) is 0 Å². The van der Waals surface area contributed by atoms with Gasteiger partial charge in [-0.05, 0) is 36.8 Å². The van der Waals surface area contributed by atoms with Crippen molar-refractivity contribution in [2.45, 2.75) is 44.8 Å². The molecule has 3 nitrogen and oxygen atoms in total. The van der Waals surface area contributed by atoms with Gasteiger partial charge in [-0.15, -0.1) is 0 Å². The van der Waals surface area contributed by atoms with Crippen molar-refractivity contribution in [2.75, 3.05) is 0 Å². The zero-order chi connectivity index (χ0) is 17.3. The van der Waals surface area contributed by atoms with Crippen LogP contribution in [-0.4, -0.2) is 21.9 Å². The molecule has 0 saturated carbocycles. The van der Waals surface area contributed by atoms with E-state index in [1.54, 1.807) is 0 Å². The molecule has 2 aromatic rings. The number of benzene rings is 2. The molecular weight excluding hydrogens is 308 g/mol. The van der Waals surface area contributed by atoms with Gasteiger partial charge < -0.3 is 5.21 Å². The molecule has 0 amide bonds. The fourth-order valence-corrected chi connectivity index (χ4v) is 3.48. The van der Waals surface area contributed by atoms with Gasteiger partial charge in [-0.1, -0.05) is 78.0 Å². The smallest absolute Gasteiger partial charge is 0.0745 e. The summed E-state index contributed by atoms with van der Waals surface area (Å²) in [6, 6.07) is 21.2. The fourth-order valence-electron chi connectivity index (χ4n) is 3.48. The number of allylic oxidation sites excluding steroid dienone is 2. The zero-order valence-electron chi connectivity index (χ0n) is 14.6. The van der Waals surface area contributed by atoms with E-state index >= 15 is 0 Å². The zero-order valence-corrected chi connectivity index (χ0v) is 14.6. The van der Waals surface area contributed by atoms with Crippen molar-refractivity contribution >= 4 is 5.71 Å². The van der Waals surface area contributed by atoms with Gasteiger partial charge in [0.25, 0.3) is 0 Å². The number of hydrogen-bond acceptors (Lipinski definition) is 3. The average Bonchev–Trinajstić information content (AvgIpc) is 2.63. The van der Waals surface area contributed by atoms with Gasteiger partial charge in [0.2, 0.25) is 0 Å². The van der Waals surface area contributed by atoms with Crippen molar-refractivity contribution in [3.63, 3.8) is 0 Å². The van der Waals surface area contributed by atoms with E-state index in [0.717, 1.165) is 44.5 Å². The fraction of sp³-hybridized carbons (Fsp3) is 0.318. The van der Waals surface area contributed by atoms with Crippen LogP contribution in [0.4, 0.5) is 0 Å². The summed E-state index contributed by atoms with van der Waals surface area (Å²) in [6.45, 7) is 1.70. The Hall–Kier alpha value is -2.39. The molecule has 0 spiro atoms. The quantitative estimate of drug-likeness (QED) is 0.473. The van der Waals surface area contributed by atoms with Crippen LogP contribution in [0.1, 0.15) is 36.8 Å². The first-order valence-corrected chi connectivity index (χ1v) is 9.04. The van der Waals surface area contributed by atoms with E-state index in [2.05, 4.69) is 70.7 Å². The highest BCUT2D eigenvalue weighted by Gasteiger charge is 2.24. The molecule has 3 heteroatoms. The molecule has 1 aliphatic carbocycles. The lowest BCUT2D eigenvalue weighted by molar-refractivity contribution is 0.206. The van der Waals surface area contributed by atoms with Gasteiger partial charge in [-0.25, -0.2) is 0 Å². The summed E-state index contributed by atoms with van der Waals surface area (Å²) in [5, 5.41) is 13.3. The summed E-state index contributed by atoms with van der Waals surface area (Å²) in [7, 11) is 0. The van der Waals surface area contributed by atoms with Crippen molar-refractivity contribution in [2.24, 2.45) is 5.16 Å². The van der Waals surface area contributed by atoms with Gasteiger partial charge >= 0.3 is 0 Å². The molecule has 1 aliphatic rings. The van der Waals surface area contributed by atoms with Crippen LogP contribution in [0.25, 0.3) is 0 Å². The molecule has 2 aromatic carbocycles. The van der Waals surface area contributed by atoms with E-state index in [1.807, 2.05) is 12.1 Å². The highest BCUT2D eigenvalue weighted by Crippen LogP contribution is 2.21. The molecule has 25 heavy (non-hydrogen) atoms. The van der Waals surface area contributed by atoms with Crippen LogP contribution in [0.3, 0.4) is 0 Å². The molecule has 1 N–H and O–H groups in total. The summed E-state index contributed by atoms with van der Waals surface area (Å²) in [6.07, 6.45) is 8.21. The maximum absolute atomic E-state index is 9.60. The Morgan fingerprint density at radius 3 is 1.96 bits per heavy atom. The van der Waals surface area contributed by atoms with Crippen LogP contribution < -0.4 is 0 Å². The van der Waals surface area contributed by atoms with Crippen LogP contribution in [0, 0.1) is 0 Å². The van der Waals surface area contributed by atoms with E-state index in [-0.39, 0.29) is 6.04 Å². The van der Waals surface area contributed by atoms with Gasteiger partial charge in [0.1, 0.15) is 0 Å².